The molecule has 1 aromatic rings. The number of hydrogen-bond donors (Lipinski definition) is 3. The maximum absolute atomic E-state index is 12.7. The molecule has 0 amide bonds. The van der Waals surface area contributed by atoms with Crippen molar-refractivity contribution in [3.05, 3.63) is 17.6 Å². The van der Waals surface area contributed by atoms with Crippen LogP contribution in [0.4, 0.5) is 8.78 Å². The Bertz CT molecular complexity index is 580. The maximum atomic E-state index is 12.7. The summed E-state index contributed by atoms with van der Waals surface area (Å²) in [4.78, 5) is 10.1. The zero-order valence-electron chi connectivity index (χ0n) is 9.68. The molecule has 0 aliphatic rings. The minimum Gasteiger partial charge on any atom is -0.475 e. The molecule has 19 heavy (non-hydrogen) atoms. The van der Waals surface area contributed by atoms with Gasteiger partial charge in [-0.05, 0) is 6.92 Å². The van der Waals surface area contributed by atoms with Crippen molar-refractivity contribution in [2.45, 2.75) is 17.7 Å². The number of rotatable bonds is 6. The highest BCUT2D eigenvalue weighted by molar-refractivity contribution is 7.89. The van der Waals surface area contributed by atoms with Gasteiger partial charge in [0.15, 0.2) is 0 Å². The van der Waals surface area contributed by atoms with Crippen LogP contribution in [0, 0.1) is 6.92 Å². The molecular weight excluding hydrogens is 288 g/mol. The molecular formula is C9H11F2NO6S. The van der Waals surface area contributed by atoms with Crippen LogP contribution in [-0.2, 0) is 10.0 Å². The van der Waals surface area contributed by atoms with Gasteiger partial charge in [0.2, 0.25) is 15.8 Å². The Hall–Kier alpha value is -1.52. The van der Waals surface area contributed by atoms with Crippen LogP contribution in [0.1, 0.15) is 16.3 Å². The average Bonchev–Trinajstić information content (AvgIpc) is 2.70. The SMILES string of the molecule is Cc1oc(C(=O)O)cc1S(=O)(=O)NCC(F)(F)CO. The number of sulfonamides is 1. The second-order valence-electron chi connectivity index (χ2n) is 3.67. The number of alkyl halides is 2. The maximum Gasteiger partial charge on any atom is 0.371 e. The van der Waals surface area contributed by atoms with E-state index in [4.69, 9.17) is 10.2 Å². The lowest BCUT2D eigenvalue weighted by Gasteiger charge is -2.13. The van der Waals surface area contributed by atoms with Gasteiger partial charge in [0.05, 0.1) is 6.54 Å². The second-order valence-corrected chi connectivity index (χ2v) is 5.41. The van der Waals surface area contributed by atoms with Gasteiger partial charge in [0.25, 0.3) is 5.92 Å². The summed E-state index contributed by atoms with van der Waals surface area (Å²) < 4.78 is 55.1. The van der Waals surface area contributed by atoms with E-state index in [-0.39, 0.29) is 5.76 Å². The van der Waals surface area contributed by atoms with Gasteiger partial charge >= 0.3 is 5.97 Å². The quantitative estimate of drug-likeness (QED) is 0.690. The molecule has 1 aromatic heterocycles. The van der Waals surface area contributed by atoms with Gasteiger partial charge in [-0.25, -0.2) is 26.7 Å². The molecule has 1 rings (SSSR count). The smallest absolute Gasteiger partial charge is 0.371 e. The van der Waals surface area contributed by atoms with Crippen LogP contribution in [0.5, 0.6) is 0 Å². The zero-order chi connectivity index (χ0) is 14.8. The van der Waals surface area contributed by atoms with Crippen molar-refractivity contribution >= 4 is 16.0 Å². The minimum absolute atomic E-state index is 0.239. The molecule has 3 N–H and O–H groups in total. The molecule has 0 aromatic carbocycles. The monoisotopic (exact) mass is 299 g/mol. The summed E-state index contributed by atoms with van der Waals surface area (Å²) in [5.41, 5.74) is 0. The summed E-state index contributed by atoms with van der Waals surface area (Å²) in [6.07, 6.45) is 0. The third-order valence-corrected chi connectivity index (χ3v) is 3.63. The van der Waals surface area contributed by atoms with Crippen molar-refractivity contribution in [3.63, 3.8) is 0 Å². The highest BCUT2D eigenvalue weighted by atomic mass is 32.2. The number of aliphatic hydroxyl groups excluding tert-OH is 1. The van der Waals surface area contributed by atoms with Crippen LogP contribution in [0.25, 0.3) is 0 Å². The van der Waals surface area contributed by atoms with Crippen LogP contribution in [-0.4, -0.2) is 43.7 Å². The standard InChI is InChI=1S/C9H11F2NO6S/c1-5-7(2-6(18-5)8(14)15)19(16,17)12-3-9(10,11)4-13/h2,12-13H,3-4H2,1H3,(H,14,15). The number of carbonyl (C=O) groups is 1. The summed E-state index contributed by atoms with van der Waals surface area (Å²) in [6.45, 7) is -1.63. The Balaban J connectivity index is 2.98. The van der Waals surface area contributed by atoms with Crippen molar-refractivity contribution in [1.29, 1.82) is 0 Å². The molecule has 0 aliphatic heterocycles. The number of furan rings is 1. The van der Waals surface area contributed by atoms with E-state index in [1.54, 1.807) is 4.72 Å². The number of aromatic carboxylic acids is 1. The van der Waals surface area contributed by atoms with Gasteiger partial charge in [-0.2, -0.15) is 0 Å². The molecule has 1 heterocycles. The molecule has 7 nitrogen and oxygen atoms in total. The van der Waals surface area contributed by atoms with Crippen LogP contribution in [0.2, 0.25) is 0 Å². The van der Waals surface area contributed by atoms with Crippen molar-refractivity contribution in [2.24, 2.45) is 0 Å². The van der Waals surface area contributed by atoms with Gasteiger partial charge in [-0.1, -0.05) is 0 Å². The molecule has 0 spiro atoms. The van der Waals surface area contributed by atoms with E-state index in [1.807, 2.05) is 0 Å². The first-order valence-electron chi connectivity index (χ1n) is 4.91. The predicted octanol–water partition coefficient (Wildman–Crippen LogP) is 0.192. The number of carboxylic acid groups (broad SMARTS) is 1. The fourth-order valence-corrected chi connectivity index (χ4v) is 2.41. The molecule has 0 fully saturated rings. The lowest BCUT2D eigenvalue weighted by atomic mass is 10.4. The highest BCUT2D eigenvalue weighted by Crippen LogP contribution is 2.20. The van der Waals surface area contributed by atoms with Gasteiger partial charge in [-0.3, -0.25) is 0 Å². The highest BCUT2D eigenvalue weighted by Gasteiger charge is 2.32. The largest absolute Gasteiger partial charge is 0.475 e. The van der Waals surface area contributed by atoms with Crippen LogP contribution in [0.15, 0.2) is 15.4 Å². The van der Waals surface area contributed by atoms with E-state index in [1.165, 1.54) is 6.92 Å². The van der Waals surface area contributed by atoms with E-state index in [9.17, 15) is 22.0 Å². The Morgan fingerprint density at radius 2 is 2.11 bits per heavy atom. The molecule has 0 bridgehead atoms. The first-order chi connectivity index (χ1) is 8.59. The second kappa shape index (κ2) is 5.23. The Morgan fingerprint density at radius 1 is 1.53 bits per heavy atom. The summed E-state index contributed by atoms with van der Waals surface area (Å²) in [5.74, 6) is -5.95. The number of nitrogens with one attached hydrogen (secondary N) is 1. The van der Waals surface area contributed by atoms with Crippen molar-refractivity contribution in [3.8, 4) is 0 Å². The topological polar surface area (TPSA) is 117 Å². The number of halogens is 2. The molecule has 0 saturated heterocycles. The molecule has 0 saturated carbocycles. The van der Waals surface area contributed by atoms with Crippen LogP contribution < -0.4 is 4.72 Å². The summed E-state index contributed by atoms with van der Waals surface area (Å²) in [5, 5.41) is 16.9. The number of hydrogen-bond acceptors (Lipinski definition) is 5. The number of aryl methyl sites for hydroxylation is 1. The summed E-state index contributed by atoms with van der Waals surface area (Å²) in [7, 11) is -4.35. The van der Waals surface area contributed by atoms with E-state index >= 15 is 0 Å². The number of aliphatic hydroxyl groups is 1. The minimum atomic E-state index is -4.35. The van der Waals surface area contributed by atoms with Crippen LogP contribution >= 0.6 is 0 Å². The summed E-state index contributed by atoms with van der Waals surface area (Å²) in [6, 6.07) is 0.719. The predicted molar refractivity (Wildman–Crippen MR) is 57.6 cm³/mol. The van der Waals surface area contributed by atoms with E-state index in [0.29, 0.717) is 0 Å². The van der Waals surface area contributed by atoms with Crippen LogP contribution in [0.3, 0.4) is 0 Å². The van der Waals surface area contributed by atoms with Gasteiger partial charge in [-0.15, -0.1) is 0 Å². The van der Waals surface area contributed by atoms with Gasteiger partial charge in [0.1, 0.15) is 17.3 Å². The molecule has 0 atom stereocenters. The van der Waals surface area contributed by atoms with Crippen molar-refractivity contribution in [2.75, 3.05) is 13.2 Å². The Labute approximate surface area is 106 Å². The van der Waals surface area contributed by atoms with Crippen molar-refractivity contribution < 1.29 is 36.6 Å². The van der Waals surface area contributed by atoms with E-state index < -0.39 is 45.7 Å². The average molecular weight is 299 g/mol. The fourth-order valence-electron chi connectivity index (χ4n) is 1.17. The van der Waals surface area contributed by atoms with E-state index in [2.05, 4.69) is 4.42 Å². The van der Waals surface area contributed by atoms with E-state index in [0.717, 1.165) is 6.07 Å². The molecule has 0 aliphatic carbocycles. The Morgan fingerprint density at radius 3 is 2.53 bits per heavy atom. The lowest BCUT2D eigenvalue weighted by molar-refractivity contribution is -0.0437. The lowest BCUT2D eigenvalue weighted by Crippen LogP contribution is -2.39. The van der Waals surface area contributed by atoms with Gasteiger partial charge < -0.3 is 14.6 Å². The summed E-state index contributed by atoms with van der Waals surface area (Å²) >= 11 is 0. The third-order valence-electron chi connectivity index (χ3n) is 2.12. The third kappa shape index (κ3) is 3.72. The van der Waals surface area contributed by atoms with Gasteiger partial charge in [0, 0.05) is 6.07 Å². The molecule has 0 radical (unpaired) electrons. The first-order valence-corrected chi connectivity index (χ1v) is 6.39. The molecule has 108 valence electrons. The van der Waals surface area contributed by atoms with Crippen molar-refractivity contribution in [1.82, 2.24) is 4.72 Å². The Kier molecular flexibility index (Phi) is 4.28. The zero-order valence-corrected chi connectivity index (χ0v) is 10.5. The first kappa shape index (κ1) is 15.5. The fraction of sp³-hybridized carbons (Fsp3) is 0.444. The molecule has 10 heteroatoms. The number of carboxylic acids is 1. The molecule has 0 unspecified atom stereocenters. The normalized spacial score (nSPS) is 12.6.